The van der Waals surface area contributed by atoms with E-state index in [1.165, 1.54) is 6.07 Å². The highest BCUT2D eigenvalue weighted by atomic mass is 19.1. The molecule has 0 unspecified atom stereocenters. The van der Waals surface area contributed by atoms with Gasteiger partial charge in [-0.05, 0) is 30.5 Å². The first-order valence-electron chi connectivity index (χ1n) is 5.47. The van der Waals surface area contributed by atoms with Crippen LogP contribution in [0.1, 0.15) is 41.4 Å². The van der Waals surface area contributed by atoms with E-state index in [9.17, 15) is 9.18 Å². The summed E-state index contributed by atoms with van der Waals surface area (Å²) in [6, 6.07) is 2.90. The van der Waals surface area contributed by atoms with Crippen LogP contribution in [0.4, 0.5) is 4.39 Å². The predicted octanol–water partition coefficient (Wildman–Crippen LogP) is 3.44. The largest absolute Gasteiger partial charge is 0.478 e. The summed E-state index contributed by atoms with van der Waals surface area (Å²) in [6.07, 6.45) is 0. The summed E-state index contributed by atoms with van der Waals surface area (Å²) >= 11 is 0. The Balaban J connectivity index is 2.81. The molecule has 2 rings (SSSR count). The van der Waals surface area contributed by atoms with Gasteiger partial charge in [-0.25, -0.2) is 9.18 Å². The third-order valence-electron chi connectivity index (χ3n) is 3.00. The van der Waals surface area contributed by atoms with Crippen LogP contribution < -0.4 is 0 Å². The normalized spacial score (nSPS) is 11.4. The lowest BCUT2D eigenvalue weighted by atomic mass is 10.0. The number of halogens is 1. The molecule has 0 atom stereocenters. The highest BCUT2D eigenvalue weighted by Crippen LogP contribution is 2.30. The molecule has 4 heteroatoms. The molecular weight excluding hydrogens is 221 g/mol. The van der Waals surface area contributed by atoms with Gasteiger partial charge in [0.15, 0.2) is 0 Å². The van der Waals surface area contributed by atoms with E-state index >= 15 is 0 Å². The van der Waals surface area contributed by atoms with E-state index in [-0.39, 0.29) is 11.5 Å². The van der Waals surface area contributed by atoms with Crippen LogP contribution in [0.2, 0.25) is 0 Å². The smallest absolute Gasteiger partial charge is 0.338 e. The molecule has 0 aliphatic rings. The average Bonchev–Trinajstić information content (AvgIpc) is 2.56. The lowest BCUT2D eigenvalue weighted by Gasteiger charge is -2.03. The monoisotopic (exact) mass is 235 g/mol. The van der Waals surface area contributed by atoms with Crippen LogP contribution in [0.15, 0.2) is 12.1 Å². The number of fused-ring (bicyclic) bond motifs is 1. The Bertz CT molecular complexity index is 599. The fourth-order valence-corrected chi connectivity index (χ4v) is 2.16. The topological polar surface area (TPSA) is 53.1 Å². The zero-order valence-corrected chi connectivity index (χ0v) is 9.97. The molecule has 0 radical (unpaired) electrons. The van der Waals surface area contributed by atoms with Crippen LogP contribution in [0.25, 0.3) is 10.9 Å². The molecule has 0 bridgehead atoms. The van der Waals surface area contributed by atoms with Crippen molar-refractivity contribution in [3.8, 4) is 0 Å². The van der Waals surface area contributed by atoms with E-state index < -0.39 is 11.8 Å². The summed E-state index contributed by atoms with van der Waals surface area (Å²) in [6.45, 7) is 5.82. The number of rotatable bonds is 2. The van der Waals surface area contributed by atoms with Crippen LogP contribution in [0, 0.1) is 12.7 Å². The van der Waals surface area contributed by atoms with Gasteiger partial charge < -0.3 is 10.1 Å². The van der Waals surface area contributed by atoms with Gasteiger partial charge in [0.1, 0.15) is 5.82 Å². The third-order valence-corrected chi connectivity index (χ3v) is 3.00. The van der Waals surface area contributed by atoms with Gasteiger partial charge in [0, 0.05) is 16.6 Å². The van der Waals surface area contributed by atoms with Gasteiger partial charge in [0.05, 0.1) is 5.56 Å². The van der Waals surface area contributed by atoms with Crippen LogP contribution >= 0.6 is 0 Å². The second-order valence-corrected chi connectivity index (χ2v) is 4.47. The minimum absolute atomic E-state index is 0.245. The number of carbonyl (C=O) groups is 1. The molecule has 0 spiro atoms. The molecule has 1 heterocycles. The fraction of sp³-hybridized carbons (Fsp3) is 0.308. The number of aromatic nitrogens is 1. The van der Waals surface area contributed by atoms with Gasteiger partial charge in [-0.15, -0.1) is 0 Å². The number of aryl methyl sites for hydroxylation is 1. The minimum Gasteiger partial charge on any atom is -0.478 e. The second-order valence-electron chi connectivity index (χ2n) is 4.47. The second kappa shape index (κ2) is 3.87. The molecule has 90 valence electrons. The number of hydrogen-bond acceptors (Lipinski definition) is 1. The van der Waals surface area contributed by atoms with Crippen molar-refractivity contribution in [3.05, 3.63) is 34.8 Å². The zero-order valence-electron chi connectivity index (χ0n) is 9.97. The number of carboxylic acids is 1. The molecular formula is C13H14FNO2. The number of hydrogen-bond donors (Lipinski definition) is 2. The van der Waals surface area contributed by atoms with Gasteiger partial charge in [-0.3, -0.25) is 0 Å². The van der Waals surface area contributed by atoms with Gasteiger partial charge in [0.2, 0.25) is 0 Å². The van der Waals surface area contributed by atoms with Crippen molar-refractivity contribution in [2.24, 2.45) is 0 Å². The molecule has 1 aromatic heterocycles. The number of aromatic amines is 1. The first kappa shape index (κ1) is 11.6. The Kier molecular flexibility index (Phi) is 2.65. The molecule has 0 aliphatic heterocycles. The molecule has 0 amide bonds. The SMILES string of the molecule is Cc1c(C(C)C)[nH]c2ccc(C(=O)O)c(F)c12. The molecule has 17 heavy (non-hydrogen) atoms. The molecule has 0 aliphatic carbocycles. The summed E-state index contributed by atoms with van der Waals surface area (Å²) < 4.78 is 14.1. The van der Waals surface area contributed by atoms with Crippen molar-refractivity contribution in [2.45, 2.75) is 26.7 Å². The van der Waals surface area contributed by atoms with Crippen LogP contribution in [0.5, 0.6) is 0 Å². The van der Waals surface area contributed by atoms with Gasteiger partial charge in [-0.2, -0.15) is 0 Å². The van der Waals surface area contributed by atoms with Crippen molar-refractivity contribution >= 4 is 16.9 Å². The maximum absolute atomic E-state index is 14.1. The lowest BCUT2D eigenvalue weighted by molar-refractivity contribution is 0.0692. The number of carboxylic acid groups (broad SMARTS) is 1. The Hall–Kier alpha value is -1.84. The van der Waals surface area contributed by atoms with Crippen LogP contribution in [0.3, 0.4) is 0 Å². The van der Waals surface area contributed by atoms with Gasteiger partial charge >= 0.3 is 5.97 Å². The Labute approximate surface area is 98.3 Å². The van der Waals surface area contributed by atoms with E-state index in [0.29, 0.717) is 10.9 Å². The Morgan fingerprint density at radius 1 is 1.41 bits per heavy atom. The number of H-pyrrole nitrogens is 1. The molecule has 0 fully saturated rings. The van der Waals surface area contributed by atoms with E-state index in [2.05, 4.69) is 4.98 Å². The highest BCUT2D eigenvalue weighted by molar-refractivity contribution is 5.95. The molecule has 0 saturated heterocycles. The number of aromatic carboxylic acids is 1. The van der Waals surface area contributed by atoms with Crippen molar-refractivity contribution in [1.29, 1.82) is 0 Å². The summed E-state index contributed by atoms with van der Waals surface area (Å²) in [5, 5.41) is 9.26. The maximum atomic E-state index is 14.1. The molecule has 3 nitrogen and oxygen atoms in total. The Morgan fingerprint density at radius 2 is 2.06 bits per heavy atom. The standard InChI is InChI=1S/C13H14FNO2/c1-6(2)12-7(3)10-9(15-12)5-4-8(11(10)14)13(16)17/h4-6,15H,1-3H3,(H,16,17). The fourth-order valence-electron chi connectivity index (χ4n) is 2.16. The van der Waals surface area contributed by atoms with Crippen molar-refractivity contribution < 1.29 is 14.3 Å². The number of benzene rings is 1. The van der Waals surface area contributed by atoms with E-state index in [4.69, 9.17) is 5.11 Å². The third kappa shape index (κ3) is 1.69. The molecule has 1 aromatic carbocycles. The summed E-state index contributed by atoms with van der Waals surface area (Å²) in [7, 11) is 0. The minimum atomic E-state index is -1.24. The van der Waals surface area contributed by atoms with Crippen molar-refractivity contribution in [2.75, 3.05) is 0 Å². The van der Waals surface area contributed by atoms with Gasteiger partial charge in [0.25, 0.3) is 0 Å². The molecule has 2 aromatic rings. The van der Waals surface area contributed by atoms with E-state index in [0.717, 1.165) is 11.3 Å². The quantitative estimate of drug-likeness (QED) is 0.837. The first-order chi connectivity index (χ1) is 7.93. The molecule has 2 N–H and O–H groups in total. The van der Waals surface area contributed by atoms with Gasteiger partial charge in [-0.1, -0.05) is 13.8 Å². The Morgan fingerprint density at radius 3 is 2.59 bits per heavy atom. The average molecular weight is 235 g/mol. The number of nitrogens with one attached hydrogen (secondary N) is 1. The highest BCUT2D eigenvalue weighted by Gasteiger charge is 2.19. The zero-order chi connectivity index (χ0) is 12.7. The van der Waals surface area contributed by atoms with E-state index in [1.54, 1.807) is 6.07 Å². The maximum Gasteiger partial charge on any atom is 0.338 e. The predicted molar refractivity (Wildman–Crippen MR) is 64.0 cm³/mol. The van der Waals surface area contributed by atoms with Crippen LogP contribution in [-0.2, 0) is 0 Å². The van der Waals surface area contributed by atoms with E-state index in [1.807, 2.05) is 20.8 Å². The summed E-state index contributed by atoms with van der Waals surface area (Å²) in [5.41, 5.74) is 2.10. The van der Waals surface area contributed by atoms with Crippen LogP contribution in [-0.4, -0.2) is 16.1 Å². The lowest BCUT2D eigenvalue weighted by Crippen LogP contribution is -2.00. The first-order valence-corrected chi connectivity index (χ1v) is 5.47. The summed E-state index contributed by atoms with van der Waals surface area (Å²) in [5.74, 6) is -1.65. The van der Waals surface area contributed by atoms with Crippen molar-refractivity contribution in [3.63, 3.8) is 0 Å². The summed E-state index contributed by atoms with van der Waals surface area (Å²) in [4.78, 5) is 14.0. The van der Waals surface area contributed by atoms with Crippen molar-refractivity contribution in [1.82, 2.24) is 4.98 Å². The molecule has 0 saturated carbocycles.